The topological polar surface area (TPSA) is 90.9 Å². The van der Waals surface area contributed by atoms with Crippen molar-refractivity contribution in [3.05, 3.63) is 53.1 Å². The van der Waals surface area contributed by atoms with Crippen molar-refractivity contribution < 1.29 is 28.6 Å². The summed E-state index contributed by atoms with van der Waals surface area (Å²) in [7, 11) is 0. The summed E-state index contributed by atoms with van der Waals surface area (Å²) in [5.74, 6) is 0.0504. The van der Waals surface area contributed by atoms with E-state index in [0.717, 1.165) is 16.9 Å². The summed E-state index contributed by atoms with van der Waals surface area (Å²) < 4.78 is 16.4. The van der Waals surface area contributed by atoms with Crippen LogP contribution in [-0.2, 0) is 19.1 Å². The first kappa shape index (κ1) is 26.9. The van der Waals surface area contributed by atoms with Crippen molar-refractivity contribution in [3.8, 4) is 11.5 Å². The molecule has 2 rings (SSSR count). The normalized spacial score (nSPS) is 12.0. The fourth-order valence-electron chi connectivity index (χ4n) is 3.48. The van der Waals surface area contributed by atoms with E-state index in [9.17, 15) is 14.4 Å². The number of anilines is 1. The number of rotatable bonds is 10. The van der Waals surface area contributed by atoms with Crippen LogP contribution in [0.2, 0.25) is 0 Å². The Labute approximate surface area is 201 Å². The molecule has 0 saturated heterocycles. The predicted octanol–water partition coefficient (Wildman–Crippen LogP) is 5.68. The van der Waals surface area contributed by atoms with Crippen LogP contribution in [0.1, 0.15) is 70.3 Å². The quantitative estimate of drug-likeness (QED) is 0.274. The monoisotopic (exact) mass is 469 g/mol. The standard InChI is InChI=1S/C27H35NO6/c1-17-9-10-18(2)25(15-17)32-14-8-13-27(6,7)26(31)28-22-11-12-24(34-21(5)30)23(16-22)19(3)33-20(4)29/h9-12,15-16,19H,8,13-14H2,1-7H3,(H,28,31). The van der Waals surface area contributed by atoms with Crippen LogP contribution < -0.4 is 14.8 Å². The molecule has 184 valence electrons. The van der Waals surface area contributed by atoms with Gasteiger partial charge in [0.2, 0.25) is 5.91 Å². The van der Waals surface area contributed by atoms with Gasteiger partial charge >= 0.3 is 11.9 Å². The highest BCUT2D eigenvalue weighted by Crippen LogP contribution is 2.32. The highest BCUT2D eigenvalue weighted by molar-refractivity contribution is 5.95. The Balaban J connectivity index is 2.03. The van der Waals surface area contributed by atoms with Crippen molar-refractivity contribution in [1.82, 2.24) is 0 Å². The van der Waals surface area contributed by atoms with Crippen molar-refractivity contribution >= 4 is 23.5 Å². The first-order valence-corrected chi connectivity index (χ1v) is 11.4. The molecule has 1 N–H and O–H groups in total. The number of hydrogen-bond acceptors (Lipinski definition) is 6. The first-order valence-electron chi connectivity index (χ1n) is 11.4. The lowest BCUT2D eigenvalue weighted by molar-refractivity contribution is -0.145. The molecule has 7 nitrogen and oxygen atoms in total. The molecule has 2 aromatic carbocycles. The number of carbonyl (C=O) groups is 3. The zero-order valence-corrected chi connectivity index (χ0v) is 21.1. The summed E-state index contributed by atoms with van der Waals surface area (Å²) in [5, 5.41) is 2.93. The van der Waals surface area contributed by atoms with Gasteiger partial charge in [0.1, 0.15) is 17.6 Å². The maximum Gasteiger partial charge on any atom is 0.308 e. The van der Waals surface area contributed by atoms with Gasteiger partial charge in [0, 0.05) is 30.5 Å². The molecule has 0 fully saturated rings. The Kier molecular flexibility index (Phi) is 9.24. The minimum absolute atomic E-state index is 0.148. The minimum Gasteiger partial charge on any atom is -0.493 e. The molecule has 0 heterocycles. The van der Waals surface area contributed by atoms with Crippen LogP contribution in [0.15, 0.2) is 36.4 Å². The predicted molar refractivity (Wildman–Crippen MR) is 131 cm³/mol. The van der Waals surface area contributed by atoms with Gasteiger partial charge in [-0.1, -0.05) is 26.0 Å². The van der Waals surface area contributed by atoms with E-state index in [1.54, 1.807) is 25.1 Å². The molecule has 0 aromatic heterocycles. The molecule has 0 bridgehead atoms. The molecule has 0 radical (unpaired) electrons. The van der Waals surface area contributed by atoms with E-state index in [1.807, 2.05) is 45.9 Å². The summed E-state index contributed by atoms with van der Waals surface area (Å²) in [6, 6.07) is 11.0. The highest BCUT2D eigenvalue weighted by atomic mass is 16.6. The van der Waals surface area contributed by atoms with Gasteiger partial charge in [0.25, 0.3) is 0 Å². The second kappa shape index (κ2) is 11.7. The van der Waals surface area contributed by atoms with Crippen molar-refractivity contribution in [2.24, 2.45) is 5.41 Å². The molecule has 1 atom stereocenters. The van der Waals surface area contributed by atoms with E-state index in [0.29, 0.717) is 30.7 Å². The maximum atomic E-state index is 13.0. The number of benzene rings is 2. The number of esters is 2. The van der Waals surface area contributed by atoms with E-state index in [1.165, 1.54) is 13.8 Å². The molecule has 0 aliphatic heterocycles. The van der Waals surface area contributed by atoms with Gasteiger partial charge in [-0.25, -0.2) is 0 Å². The van der Waals surface area contributed by atoms with Gasteiger partial charge in [-0.2, -0.15) is 0 Å². The fraction of sp³-hybridized carbons (Fsp3) is 0.444. The molecular formula is C27H35NO6. The Hall–Kier alpha value is -3.35. The molecule has 0 saturated carbocycles. The molecule has 7 heteroatoms. The Morgan fingerprint density at radius 2 is 1.68 bits per heavy atom. The maximum absolute atomic E-state index is 13.0. The van der Waals surface area contributed by atoms with E-state index >= 15 is 0 Å². The Bertz CT molecular complexity index is 1040. The number of carbonyl (C=O) groups excluding carboxylic acids is 3. The third-order valence-electron chi connectivity index (χ3n) is 5.46. The lowest BCUT2D eigenvalue weighted by Gasteiger charge is -2.24. The zero-order valence-electron chi connectivity index (χ0n) is 21.1. The zero-order chi connectivity index (χ0) is 25.5. The largest absolute Gasteiger partial charge is 0.493 e. The summed E-state index contributed by atoms with van der Waals surface area (Å²) >= 11 is 0. The van der Waals surface area contributed by atoms with Crippen LogP contribution in [0.4, 0.5) is 5.69 Å². The lowest BCUT2D eigenvalue weighted by Crippen LogP contribution is -2.31. The Morgan fingerprint density at radius 3 is 2.32 bits per heavy atom. The van der Waals surface area contributed by atoms with Gasteiger partial charge in [-0.3, -0.25) is 14.4 Å². The molecule has 1 unspecified atom stereocenters. The average Bonchev–Trinajstić information content (AvgIpc) is 2.73. The average molecular weight is 470 g/mol. The summed E-state index contributed by atoms with van der Waals surface area (Å²) in [5.41, 5.74) is 2.60. The number of ether oxygens (including phenoxy) is 3. The second-order valence-corrected chi connectivity index (χ2v) is 9.16. The molecular weight excluding hydrogens is 434 g/mol. The van der Waals surface area contributed by atoms with E-state index in [-0.39, 0.29) is 11.7 Å². The third-order valence-corrected chi connectivity index (χ3v) is 5.46. The molecule has 0 aliphatic rings. The van der Waals surface area contributed by atoms with Crippen LogP contribution in [0.3, 0.4) is 0 Å². The van der Waals surface area contributed by atoms with Crippen LogP contribution in [0.5, 0.6) is 11.5 Å². The van der Waals surface area contributed by atoms with Crippen molar-refractivity contribution in [2.45, 2.75) is 67.4 Å². The number of amides is 1. The van der Waals surface area contributed by atoms with Gasteiger partial charge in [-0.15, -0.1) is 0 Å². The summed E-state index contributed by atoms with van der Waals surface area (Å²) in [6.07, 6.45) is 0.693. The summed E-state index contributed by atoms with van der Waals surface area (Å²) in [6.45, 7) is 12.6. The van der Waals surface area contributed by atoms with Crippen molar-refractivity contribution in [3.63, 3.8) is 0 Å². The summed E-state index contributed by atoms with van der Waals surface area (Å²) in [4.78, 5) is 35.8. The SMILES string of the molecule is CC(=O)Oc1ccc(NC(=O)C(C)(C)CCCOc2cc(C)ccc2C)cc1C(C)OC(C)=O. The van der Waals surface area contributed by atoms with E-state index in [2.05, 4.69) is 5.32 Å². The van der Waals surface area contributed by atoms with Crippen LogP contribution in [0, 0.1) is 19.3 Å². The highest BCUT2D eigenvalue weighted by Gasteiger charge is 2.28. The van der Waals surface area contributed by atoms with E-state index in [4.69, 9.17) is 14.2 Å². The molecule has 34 heavy (non-hydrogen) atoms. The minimum atomic E-state index is -0.654. The van der Waals surface area contributed by atoms with Gasteiger partial charge in [0.05, 0.1) is 6.61 Å². The fourth-order valence-corrected chi connectivity index (χ4v) is 3.48. The van der Waals surface area contributed by atoms with Gasteiger partial charge in [-0.05, 0) is 69.0 Å². The number of hydrogen-bond donors (Lipinski definition) is 1. The van der Waals surface area contributed by atoms with Crippen LogP contribution in [-0.4, -0.2) is 24.5 Å². The van der Waals surface area contributed by atoms with Crippen LogP contribution in [0.25, 0.3) is 0 Å². The van der Waals surface area contributed by atoms with Crippen molar-refractivity contribution in [1.29, 1.82) is 0 Å². The molecule has 2 aromatic rings. The third kappa shape index (κ3) is 7.90. The Morgan fingerprint density at radius 1 is 0.971 bits per heavy atom. The number of nitrogens with one attached hydrogen (secondary N) is 1. The lowest BCUT2D eigenvalue weighted by atomic mass is 9.86. The molecule has 0 spiro atoms. The molecule has 1 amide bonds. The van der Waals surface area contributed by atoms with Crippen molar-refractivity contribution in [2.75, 3.05) is 11.9 Å². The molecule has 0 aliphatic carbocycles. The van der Waals surface area contributed by atoms with Crippen LogP contribution >= 0.6 is 0 Å². The smallest absolute Gasteiger partial charge is 0.308 e. The second-order valence-electron chi connectivity index (χ2n) is 9.16. The van der Waals surface area contributed by atoms with E-state index < -0.39 is 23.5 Å². The number of aryl methyl sites for hydroxylation is 2. The van der Waals surface area contributed by atoms with Gasteiger partial charge < -0.3 is 19.5 Å². The van der Waals surface area contributed by atoms with Gasteiger partial charge in [0.15, 0.2) is 0 Å². The first-order chi connectivity index (χ1) is 15.9.